The SMILES string of the molecule is CCOC(=O)C(=CNc1ccc2c(c1)c(C)cc1nnc(-c3ccccc3)n12)C(=O)OCC. The Bertz CT molecular complexity index is 1340. The summed E-state index contributed by atoms with van der Waals surface area (Å²) in [4.78, 5) is 24.4. The molecule has 0 saturated heterocycles. The van der Waals surface area contributed by atoms with Crippen LogP contribution in [0.1, 0.15) is 19.4 Å². The Morgan fingerprint density at radius 2 is 1.67 bits per heavy atom. The maximum atomic E-state index is 12.2. The van der Waals surface area contributed by atoms with Gasteiger partial charge in [-0.2, -0.15) is 0 Å². The van der Waals surface area contributed by atoms with Crippen LogP contribution in [-0.2, 0) is 19.1 Å². The number of rotatable bonds is 7. The molecule has 2 aromatic heterocycles. The van der Waals surface area contributed by atoms with Crippen LogP contribution in [0.25, 0.3) is 27.9 Å². The smallest absolute Gasteiger partial charge is 0.347 e. The van der Waals surface area contributed by atoms with Crippen molar-refractivity contribution < 1.29 is 19.1 Å². The number of carbonyl (C=O) groups excluding carboxylic acids is 2. The van der Waals surface area contributed by atoms with E-state index in [-0.39, 0.29) is 18.8 Å². The highest BCUT2D eigenvalue weighted by molar-refractivity contribution is 6.14. The van der Waals surface area contributed by atoms with E-state index in [2.05, 4.69) is 15.5 Å². The average Bonchev–Trinajstić information content (AvgIpc) is 3.24. The van der Waals surface area contributed by atoms with Crippen LogP contribution in [0.3, 0.4) is 0 Å². The van der Waals surface area contributed by atoms with Gasteiger partial charge in [-0.15, -0.1) is 10.2 Å². The van der Waals surface area contributed by atoms with Crippen LogP contribution in [0, 0.1) is 6.92 Å². The number of ether oxygens (including phenoxy) is 2. The van der Waals surface area contributed by atoms with Gasteiger partial charge in [0, 0.05) is 22.8 Å². The molecule has 0 amide bonds. The molecule has 8 heteroatoms. The van der Waals surface area contributed by atoms with Gasteiger partial charge in [0.25, 0.3) is 0 Å². The lowest BCUT2D eigenvalue weighted by Crippen LogP contribution is -2.19. The Morgan fingerprint density at radius 1 is 0.970 bits per heavy atom. The minimum Gasteiger partial charge on any atom is -0.462 e. The fourth-order valence-electron chi connectivity index (χ4n) is 3.58. The van der Waals surface area contributed by atoms with Crippen molar-refractivity contribution in [3.8, 4) is 11.4 Å². The van der Waals surface area contributed by atoms with Gasteiger partial charge in [-0.05, 0) is 50.6 Å². The second-order valence-corrected chi connectivity index (χ2v) is 7.29. The summed E-state index contributed by atoms with van der Waals surface area (Å²) in [6.45, 7) is 5.67. The number of pyridine rings is 1. The molecule has 2 heterocycles. The number of esters is 2. The highest BCUT2D eigenvalue weighted by Gasteiger charge is 2.21. The van der Waals surface area contributed by atoms with Crippen molar-refractivity contribution in [3.05, 3.63) is 71.9 Å². The summed E-state index contributed by atoms with van der Waals surface area (Å²) < 4.78 is 12.0. The molecule has 0 aliphatic rings. The van der Waals surface area contributed by atoms with E-state index in [1.807, 2.05) is 65.9 Å². The van der Waals surface area contributed by atoms with Crippen LogP contribution < -0.4 is 5.32 Å². The third-order valence-corrected chi connectivity index (χ3v) is 5.10. The molecule has 4 aromatic rings. The van der Waals surface area contributed by atoms with E-state index in [1.54, 1.807) is 13.8 Å². The predicted octanol–water partition coefficient (Wildman–Crippen LogP) is 4.28. The molecule has 168 valence electrons. The zero-order valence-corrected chi connectivity index (χ0v) is 18.7. The number of nitrogens with one attached hydrogen (secondary N) is 1. The van der Waals surface area contributed by atoms with Gasteiger partial charge in [-0.25, -0.2) is 9.59 Å². The lowest BCUT2D eigenvalue weighted by Gasteiger charge is -2.11. The van der Waals surface area contributed by atoms with Gasteiger partial charge < -0.3 is 14.8 Å². The van der Waals surface area contributed by atoms with Crippen LogP contribution in [0.4, 0.5) is 5.69 Å². The molecule has 0 spiro atoms. The van der Waals surface area contributed by atoms with Crippen molar-refractivity contribution in [2.75, 3.05) is 18.5 Å². The fourth-order valence-corrected chi connectivity index (χ4v) is 3.58. The minimum atomic E-state index is -0.737. The van der Waals surface area contributed by atoms with E-state index in [4.69, 9.17) is 9.47 Å². The highest BCUT2D eigenvalue weighted by atomic mass is 16.6. The van der Waals surface area contributed by atoms with Gasteiger partial charge in [0.05, 0.1) is 18.7 Å². The molecule has 1 N–H and O–H groups in total. The number of nitrogens with zero attached hydrogens (tertiary/aromatic N) is 3. The topological polar surface area (TPSA) is 94.8 Å². The van der Waals surface area contributed by atoms with Crippen molar-refractivity contribution in [2.45, 2.75) is 20.8 Å². The van der Waals surface area contributed by atoms with E-state index in [0.717, 1.165) is 33.5 Å². The molecule has 0 aliphatic heterocycles. The molecule has 0 saturated carbocycles. The lowest BCUT2D eigenvalue weighted by atomic mass is 10.1. The van der Waals surface area contributed by atoms with Crippen molar-refractivity contribution >= 4 is 34.2 Å². The standard InChI is InChI=1S/C25H24N4O4/c1-4-32-24(30)20(25(31)33-5-2)15-26-18-11-12-21-19(14-18)16(3)13-22-27-28-23(29(21)22)17-9-7-6-8-10-17/h6-15,26H,4-5H2,1-3H3. The molecule has 33 heavy (non-hydrogen) atoms. The van der Waals surface area contributed by atoms with Gasteiger partial charge in [0.1, 0.15) is 0 Å². The maximum Gasteiger partial charge on any atom is 0.347 e. The summed E-state index contributed by atoms with van der Waals surface area (Å²) in [5, 5.41) is 12.7. The van der Waals surface area contributed by atoms with Crippen LogP contribution >= 0.6 is 0 Å². The lowest BCUT2D eigenvalue weighted by molar-refractivity contribution is -0.146. The molecule has 4 rings (SSSR count). The maximum absolute atomic E-state index is 12.2. The number of carbonyl (C=O) groups is 2. The third-order valence-electron chi connectivity index (χ3n) is 5.10. The number of hydrogen-bond donors (Lipinski definition) is 1. The van der Waals surface area contributed by atoms with E-state index in [1.165, 1.54) is 6.20 Å². The molecule has 2 aromatic carbocycles. The van der Waals surface area contributed by atoms with Gasteiger partial charge in [-0.3, -0.25) is 4.40 Å². The monoisotopic (exact) mass is 444 g/mol. The van der Waals surface area contributed by atoms with E-state index < -0.39 is 11.9 Å². The van der Waals surface area contributed by atoms with E-state index >= 15 is 0 Å². The minimum absolute atomic E-state index is 0.156. The summed E-state index contributed by atoms with van der Waals surface area (Å²) in [7, 11) is 0. The van der Waals surface area contributed by atoms with Crippen LogP contribution in [-0.4, -0.2) is 39.8 Å². The van der Waals surface area contributed by atoms with Crippen molar-refractivity contribution in [1.29, 1.82) is 0 Å². The normalized spacial score (nSPS) is 10.8. The quantitative estimate of drug-likeness (QED) is 0.197. The van der Waals surface area contributed by atoms with Crippen LogP contribution in [0.2, 0.25) is 0 Å². The second-order valence-electron chi connectivity index (χ2n) is 7.29. The molecule has 0 radical (unpaired) electrons. The predicted molar refractivity (Wildman–Crippen MR) is 126 cm³/mol. The zero-order valence-electron chi connectivity index (χ0n) is 18.7. The Hall–Kier alpha value is -4.20. The average molecular weight is 444 g/mol. The van der Waals surface area contributed by atoms with Crippen LogP contribution in [0.15, 0.2) is 66.4 Å². The Balaban J connectivity index is 1.75. The van der Waals surface area contributed by atoms with Crippen molar-refractivity contribution in [3.63, 3.8) is 0 Å². The Kier molecular flexibility index (Phi) is 6.35. The number of benzene rings is 2. The van der Waals surface area contributed by atoms with Crippen molar-refractivity contribution in [2.24, 2.45) is 0 Å². The molecule has 0 fully saturated rings. The molecule has 0 bridgehead atoms. The number of fused-ring (bicyclic) bond motifs is 3. The molecular formula is C25H24N4O4. The Morgan fingerprint density at radius 3 is 2.33 bits per heavy atom. The largest absolute Gasteiger partial charge is 0.462 e. The zero-order chi connectivity index (χ0) is 23.4. The summed E-state index contributed by atoms with van der Waals surface area (Å²) in [6.07, 6.45) is 1.32. The molecule has 0 aliphatic carbocycles. The molecule has 8 nitrogen and oxygen atoms in total. The summed E-state index contributed by atoms with van der Waals surface area (Å²) >= 11 is 0. The third kappa shape index (κ3) is 4.41. The summed E-state index contributed by atoms with van der Waals surface area (Å²) in [6, 6.07) is 17.6. The van der Waals surface area contributed by atoms with Gasteiger partial charge >= 0.3 is 11.9 Å². The first-order valence-corrected chi connectivity index (χ1v) is 10.7. The first-order chi connectivity index (χ1) is 16.0. The first-order valence-electron chi connectivity index (χ1n) is 10.7. The van der Waals surface area contributed by atoms with E-state index in [0.29, 0.717) is 5.69 Å². The van der Waals surface area contributed by atoms with Gasteiger partial charge in [-0.1, -0.05) is 30.3 Å². The summed E-state index contributed by atoms with van der Waals surface area (Å²) in [5.41, 5.74) is 4.19. The summed E-state index contributed by atoms with van der Waals surface area (Å²) in [5.74, 6) is -0.721. The molecule has 0 unspecified atom stereocenters. The molecular weight excluding hydrogens is 420 g/mol. The molecule has 0 atom stereocenters. The number of anilines is 1. The first kappa shape index (κ1) is 22.0. The number of hydrogen-bond acceptors (Lipinski definition) is 7. The van der Waals surface area contributed by atoms with Crippen LogP contribution in [0.5, 0.6) is 0 Å². The highest BCUT2D eigenvalue weighted by Crippen LogP contribution is 2.28. The van der Waals surface area contributed by atoms with Crippen molar-refractivity contribution in [1.82, 2.24) is 14.6 Å². The van der Waals surface area contributed by atoms with E-state index in [9.17, 15) is 9.59 Å². The Labute approximate surface area is 190 Å². The number of aryl methyl sites for hydroxylation is 1. The fraction of sp³-hybridized carbons (Fsp3) is 0.200. The second kappa shape index (κ2) is 9.52. The van der Waals surface area contributed by atoms with Gasteiger partial charge in [0.2, 0.25) is 0 Å². The number of aromatic nitrogens is 3. The van der Waals surface area contributed by atoms with Gasteiger partial charge in [0.15, 0.2) is 17.0 Å².